The first-order chi connectivity index (χ1) is 11.1. The average Bonchev–Trinajstić information content (AvgIpc) is 2.52. The lowest BCUT2D eigenvalue weighted by Crippen LogP contribution is -2.46. The maximum Gasteiger partial charge on any atom is 0.416 e. The number of alkyl halides is 3. The van der Waals surface area contributed by atoms with Crippen LogP contribution >= 0.6 is 12.2 Å². The predicted molar refractivity (Wildman–Crippen MR) is 87.2 cm³/mol. The molecular weight excluding hydrogens is 363 g/mol. The van der Waals surface area contributed by atoms with E-state index >= 15 is 0 Å². The summed E-state index contributed by atoms with van der Waals surface area (Å²) < 4.78 is 70.6. The van der Waals surface area contributed by atoms with E-state index in [0.717, 1.165) is 18.6 Å². The fraction of sp³-hybridized carbons (Fsp3) is 0.533. The second kappa shape index (κ2) is 7.37. The normalized spacial score (nSPS) is 19.9. The van der Waals surface area contributed by atoms with Gasteiger partial charge in [0, 0.05) is 13.5 Å². The number of thiocarbonyl (C=S) groups is 1. The molecule has 2 rings (SSSR count). The fourth-order valence-electron chi connectivity index (χ4n) is 2.64. The van der Waals surface area contributed by atoms with Crippen LogP contribution in [0.4, 0.5) is 13.2 Å². The van der Waals surface area contributed by atoms with E-state index in [9.17, 15) is 21.6 Å². The Bertz CT molecular complexity index is 704. The summed E-state index contributed by atoms with van der Waals surface area (Å²) in [6.45, 7) is 1.94. The monoisotopic (exact) mass is 381 g/mol. The molecule has 0 amide bonds. The van der Waals surface area contributed by atoms with Crippen LogP contribution < -0.4 is 0 Å². The molecule has 4 nitrogen and oxygen atoms in total. The highest BCUT2D eigenvalue weighted by Crippen LogP contribution is 2.32. The lowest BCUT2D eigenvalue weighted by atomic mass is 10.1. The lowest BCUT2D eigenvalue weighted by Gasteiger charge is -2.34. The van der Waals surface area contributed by atoms with Crippen LogP contribution in [0.5, 0.6) is 0 Å². The Kier molecular flexibility index (Phi) is 5.87. The summed E-state index contributed by atoms with van der Waals surface area (Å²) in [5.74, 6) is 0. The number of nitrogens with zero attached hydrogens (tertiary/aromatic N) is 1. The zero-order valence-electron chi connectivity index (χ0n) is 13.0. The van der Waals surface area contributed by atoms with E-state index in [1.54, 1.807) is 6.92 Å². The second-order valence-corrected chi connectivity index (χ2v) is 8.06. The first-order valence-corrected chi connectivity index (χ1v) is 9.29. The molecule has 1 aromatic carbocycles. The molecule has 0 radical (unpaired) electrons. The highest BCUT2D eigenvalue weighted by atomic mass is 32.2. The van der Waals surface area contributed by atoms with Crippen LogP contribution in [-0.4, -0.2) is 37.0 Å². The number of rotatable bonds is 4. The molecule has 1 aromatic rings. The van der Waals surface area contributed by atoms with Crippen molar-refractivity contribution in [2.75, 3.05) is 13.2 Å². The van der Waals surface area contributed by atoms with Crippen LogP contribution in [0.25, 0.3) is 0 Å². The number of piperidine rings is 1. The van der Waals surface area contributed by atoms with Crippen LogP contribution in [0.2, 0.25) is 0 Å². The summed E-state index contributed by atoms with van der Waals surface area (Å²) >= 11 is 4.83. The summed E-state index contributed by atoms with van der Waals surface area (Å²) in [7, 11) is -4.03. The van der Waals surface area contributed by atoms with Crippen molar-refractivity contribution in [2.45, 2.75) is 43.3 Å². The first-order valence-electron chi connectivity index (χ1n) is 7.45. The average molecular weight is 381 g/mol. The quantitative estimate of drug-likeness (QED) is 0.748. The van der Waals surface area contributed by atoms with Crippen LogP contribution in [0, 0.1) is 0 Å². The Morgan fingerprint density at radius 1 is 1.38 bits per heavy atom. The Morgan fingerprint density at radius 2 is 2.08 bits per heavy atom. The van der Waals surface area contributed by atoms with Gasteiger partial charge in [0.25, 0.3) is 0 Å². The fourth-order valence-corrected chi connectivity index (χ4v) is 4.43. The summed E-state index contributed by atoms with van der Waals surface area (Å²) in [4.78, 5) is -0.358. The van der Waals surface area contributed by atoms with Crippen molar-refractivity contribution in [2.24, 2.45) is 0 Å². The van der Waals surface area contributed by atoms with E-state index in [1.807, 2.05) is 0 Å². The van der Waals surface area contributed by atoms with Crippen molar-refractivity contribution in [3.63, 3.8) is 0 Å². The molecule has 0 unspecified atom stereocenters. The molecule has 0 spiro atoms. The lowest BCUT2D eigenvalue weighted by molar-refractivity contribution is -0.137. The van der Waals surface area contributed by atoms with Crippen molar-refractivity contribution >= 4 is 27.3 Å². The van der Waals surface area contributed by atoms with Crippen molar-refractivity contribution in [1.29, 1.82) is 0 Å². The third-order valence-electron chi connectivity index (χ3n) is 3.82. The van der Waals surface area contributed by atoms with Crippen molar-refractivity contribution < 1.29 is 26.3 Å². The third kappa shape index (κ3) is 4.46. The van der Waals surface area contributed by atoms with Crippen molar-refractivity contribution in [3.05, 3.63) is 29.8 Å². The van der Waals surface area contributed by atoms with E-state index < -0.39 is 27.8 Å². The van der Waals surface area contributed by atoms with Gasteiger partial charge in [0.15, 0.2) is 5.05 Å². The Labute approximate surface area is 144 Å². The molecule has 0 aromatic heterocycles. The Balaban J connectivity index is 2.32. The molecule has 134 valence electrons. The van der Waals surface area contributed by atoms with Gasteiger partial charge in [-0.1, -0.05) is 12.5 Å². The Morgan fingerprint density at radius 3 is 2.71 bits per heavy atom. The molecule has 1 heterocycles. The summed E-state index contributed by atoms with van der Waals surface area (Å²) in [6, 6.07) is 3.38. The van der Waals surface area contributed by atoms with Gasteiger partial charge in [-0.25, -0.2) is 8.42 Å². The van der Waals surface area contributed by atoms with E-state index in [4.69, 9.17) is 17.0 Å². The number of benzene rings is 1. The summed E-state index contributed by atoms with van der Waals surface area (Å²) in [5.41, 5.74) is -0.983. The molecule has 1 aliphatic heterocycles. The molecule has 1 fully saturated rings. The molecule has 9 heteroatoms. The topological polar surface area (TPSA) is 46.6 Å². The summed E-state index contributed by atoms with van der Waals surface area (Å²) in [5, 5.41) is 0.303. The zero-order chi connectivity index (χ0) is 18.0. The first kappa shape index (κ1) is 19.1. The number of hydrogen-bond acceptors (Lipinski definition) is 4. The van der Waals surface area contributed by atoms with E-state index in [2.05, 4.69) is 0 Å². The molecule has 1 atom stereocenters. The molecule has 1 saturated heterocycles. The van der Waals surface area contributed by atoms with E-state index in [0.29, 0.717) is 24.0 Å². The van der Waals surface area contributed by atoms with Gasteiger partial charge in [-0.05, 0) is 43.3 Å². The largest absolute Gasteiger partial charge is 0.486 e. The van der Waals surface area contributed by atoms with Gasteiger partial charge >= 0.3 is 6.18 Å². The van der Waals surface area contributed by atoms with Gasteiger partial charge in [0.05, 0.1) is 16.5 Å². The van der Waals surface area contributed by atoms with Gasteiger partial charge in [0.1, 0.15) is 6.61 Å². The SMILES string of the molecule is CC(=S)OC[C@@H]1CCCCN1S(=O)(=O)c1cccc(C(F)(F)F)c1. The second-order valence-electron chi connectivity index (χ2n) is 5.59. The van der Waals surface area contributed by atoms with Crippen LogP contribution in [0.3, 0.4) is 0 Å². The van der Waals surface area contributed by atoms with Crippen LogP contribution in [0.1, 0.15) is 31.7 Å². The number of sulfonamides is 1. The highest BCUT2D eigenvalue weighted by Gasteiger charge is 2.36. The standard InChI is InChI=1S/C15H18F3NO3S2/c1-11(23)22-10-13-6-2-3-8-19(13)24(20,21)14-7-4-5-12(9-14)15(16,17)18/h4-5,7,9,13H,2-3,6,8,10H2,1H3/t13-/m0/s1. The molecular formula is C15H18F3NO3S2. The minimum atomic E-state index is -4.59. The molecule has 0 aliphatic carbocycles. The zero-order valence-corrected chi connectivity index (χ0v) is 14.7. The maximum atomic E-state index is 12.8. The molecule has 24 heavy (non-hydrogen) atoms. The van der Waals surface area contributed by atoms with Crippen LogP contribution in [0.15, 0.2) is 29.2 Å². The maximum absolute atomic E-state index is 12.8. The molecule has 0 N–H and O–H groups in total. The van der Waals surface area contributed by atoms with E-state index in [-0.39, 0.29) is 18.0 Å². The van der Waals surface area contributed by atoms with E-state index in [1.165, 1.54) is 10.4 Å². The van der Waals surface area contributed by atoms with Gasteiger partial charge in [-0.15, -0.1) is 0 Å². The number of ether oxygens (including phenoxy) is 1. The minimum Gasteiger partial charge on any atom is -0.486 e. The van der Waals surface area contributed by atoms with Crippen molar-refractivity contribution in [1.82, 2.24) is 4.31 Å². The molecule has 0 saturated carbocycles. The summed E-state index contributed by atoms with van der Waals surface area (Å²) in [6.07, 6.45) is -2.52. The molecule has 1 aliphatic rings. The number of halogens is 3. The smallest absolute Gasteiger partial charge is 0.416 e. The van der Waals surface area contributed by atoms with Gasteiger partial charge in [-0.3, -0.25) is 0 Å². The van der Waals surface area contributed by atoms with Gasteiger partial charge in [0.2, 0.25) is 10.0 Å². The van der Waals surface area contributed by atoms with Crippen molar-refractivity contribution in [3.8, 4) is 0 Å². The van der Waals surface area contributed by atoms with Crippen LogP contribution in [-0.2, 0) is 20.9 Å². The number of hydrogen-bond donors (Lipinski definition) is 0. The van der Waals surface area contributed by atoms with Gasteiger partial charge in [-0.2, -0.15) is 17.5 Å². The highest BCUT2D eigenvalue weighted by molar-refractivity contribution is 7.89. The van der Waals surface area contributed by atoms with Gasteiger partial charge < -0.3 is 4.74 Å². The Hall–Kier alpha value is -1.19. The minimum absolute atomic E-state index is 0.105. The molecule has 0 bridgehead atoms. The third-order valence-corrected chi connectivity index (χ3v) is 5.89. The predicted octanol–water partition coefficient (Wildman–Crippen LogP) is 3.61.